The summed E-state index contributed by atoms with van der Waals surface area (Å²) in [4.78, 5) is 21.2. The summed E-state index contributed by atoms with van der Waals surface area (Å²) in [7, 11) is 1.30. The summed E-state index contributed by atoms with van der Waals surface area (Å²) in [6.45, 7) is 4.99. The number of amides is 1. The molecule has 0 bridgehead atoms. The van der Waals surface area contributed by atoms with E-state index in [1.165, 1.54) is 31.5 Å². The number of ether oxygens (including phenoxy) is 2. The molecule has 2 rings (SSSR count). The number of carbonyl (C=O) groups is 1. The summed E-state index contributed by atoms with van der Waals surface area (Å²) >= 11 is 3.01. The molecule has 0 unspecified atom stereocenters. The second-order valence-corrected chi connectivity index (χ2v) is 7.20. The molecule has 0 aliphatic carbocycles. The number of hydrogen-bond donors (Lipinski definition) is 0. The molecule has 26 heavy (non-hydrogen) atoms. The van der Waals surface area contributed by atoms with E-state index in [9.17, 15) is 13.6 Å². The van der Waals surface area contributed by atoms with Gasteiger partial charge in [0, 0.05) is 6.20 Å². The fourth-order valence-corrected chi connectivity index (χ4v) is 2.22. The number of rotatable bonds is 4. The summed E-state index contributed by atoms with van der Waals surface area (Å²) in [5.74, 6) is -1.60. The van der Waals surface area contributed by atoms with Gasteiger partial charge < -0.3 is 9.47 Å². The lowest BCUT2D eigenvalue weighted by molar-refractivity contribution is 0.0576. The number of aromatic nitrogens is 2. The standard InChI is InChI=1S/C17H18BrF2N3O3/c1-17(2,3)26-16(24)23(13-6-5-11(18)14(20)22-13)9-10-7-12(19)15(25-4)21-8-10/h5-8H,9H2,1-4H3. The van der Waals surface area contributed by atoms with E-state index in [-0.39, 0.29) is 22.7 Å². The molecule has 140 valence electrons. The molecule has 0 radical (unpaired) electrons. The van der Waals surface area contributed by atoms with Crippen LogP contribution >= 0.6 is 15.9 Å². The lowest BCUT2D eigenvalue weighted by atomic mass is 10.2. The molecule has 0 saturated heterocycles. The highest BCUT2D eigenvalue weighted by Gasteiger charge is 2.25. The van der Waals surface area contributed by atoms with E-state index in [1.807, 2.05) is 0 Å². The maximum Gasteiger partial charge on any atom is 0.416 e. The monoisotopic (exact) mass is 429 g/mol. The topological polar surface area (TPSA) is 64.5 Å². The first-order chi connectivity index (χ1) is 12.1. The van der Waals surface area contributed by atoms with Gasteiger partial charge in [0.1, 0.15) is 11.4 Å². The van der Waals surface area contributed by atoms with Crippen LogP contribution in [0.15, 0.2) is 28.9 Å². The molecule has 0 aromatic carbocycles. The van der Waals surface area contributed by atoms with Gasteiger partial charge in [-0.3, -0.25) is 4.90 Å². The minimum atomic E-state index is -0.782. The maximum absolute atomic E-state index is 13.9. The third kappa shape index (κ3) is 5.10. The Morgan fingerprint density at radius 2 is 2.00 bits per heavy atom. The Labute approximate surface area is 158 Å². The van der Waals surface area contributed by atoms with E-state index in [4.69, 9.17) is 9.47 Å². The number of methoxy groups -OCH3 is 1. The number of carbonyl (C=O) groups excluding carboxylic acids is 1. The van der Waals surface area contributed by atoms with Crippen molar-refractivity contribution >= 4 is 27.8 Å². The zero-order valence-electron chi connectivity index (χ0n) is 14.7. The van der Waals surface area contributed by atoms with Crippen molar-refractivity contribution in [3.05, 3.63) is 46.2 Å². The van der Waals surface area contributed by atoms with E-state index in [2.05, 4.69) is 25.9 Å². The van der Waals surface area contributed by atoms with Crippen LogP contribution in [0.1, 0.15) is 26.3 Å². The van der Waals surface area contributed by atoms with Crippen LogP contribution in [0.3, 0.4) is 0 Å². The predicted octanol–water partition coefficient (Wildman–Crippen LogP) is 4.47. The van der Waals surface area contributed by atoms with Gasteiger partial charge >= 0.3 is 6.09 Å². The van der Waals surface area contributed by atoms with Crippen LogP contribution in [0.2, 0.25) is 0 Å². The summed E-state index contributed by atoms with van der Waals surface area (Å²) in [6.07, 6.45) is 0.608. The predicted molar refractivity (Wildman–Crippen MR) is 95.1 cm³/mol. The van der Waals surface area contributed by atoms with Crippen molar-refractivity contribution in [1.29, 1.82) is 0 Å². The quantitative estimate of drug-likeness (QED) is 0.670. The van der Waals surface area contributed by atoms with Crippen LogP contribution in [0, 0.1) is 11.8 Å². The van der Waals surface area contributed by atoms with Crippen molar-refractivity contribution < 1.29 is 23.0 Å². The number of hydrogen-bond acceptors (Lipinski definition) is 5. The van der Waals surface area contributed by atoms with Crippen molar-refractivity contribution in [2.75, 3.05) is 12.0 Å². The first-order valence-corrected chi connectivity index (χ1v) is 8.41. The first-order valence-electron chi connectivity index (χ1n) is 7.61. The van der Waals surface area contributed by atoms with Gasteiger partial charge in [0.15, 0.2) is 5.82 Å². The maximum atomic E-state index is 13.9. The molecule has 6 nitrogen and oxygen atoms in total. The van der Waals surface area contributed by atoms with Crippen molar-refractivity contribution in [2.45, 2.75) is 32.9 Å². The smallest absolute Gasteiger partial charge is 0.416 e. The SMILES string of the molecule is COc1ncc(CN(C(=O)OC(C)(C)C)c2ccc(Br)c(F)n2)cc1F. The van der Waals surface area contributed by atoms with Crippen LogP contribution in [0.25, 0.3) is 0 Å². The third-order valence-electron chi connectivity index (χ3n) is 3.08. The molecule has 2 heterocycles. The van der Waals surface area contributed by atoms with Crippen LogP contribution in [-0.2, 0) is 11.3 Å². The zero-order chi connectivity index (χ0) is 19.5. The van der Waals surface area contributed by atoms with Gasteiger partial charge in [-0.15, -0.1) is 0 Å². The van der Waals surface area contributed by atoms with E-state index in [1.54, 1.807) is 20.8 Å². The van der Waals surface area contributed by atoms with Gasteiger partial charge in [0.05, 0.1) is 18.1 Å². The van der Waals surface area contributed by atoms with Crippen molar-refractivity contribution in [3.8, 4) is 5.88 Å². The minimum Gasteiger partial charge on any atom is -0.479 e. The average molecular weight is 430 g/mol. The molecule has 0 saturated carbocycles. The highest BCUT2D eigenvalue weighted by molar-refractivity contribution is 9.10. The fourth-order valence-electron chi connectivity index (χ4n) is 2.00. The van der Waals surface area contributed by atoms with Crippen molar-refractivity contribution in [3.63, 3.8) is 0 Å². The molecule has 2 aromatic rings. The molecular weight excluding hydrogens is 412 g/mol. The normalized spacial score (nSPS) is 11.2. The lowest BCUT2D eigenvalue weighted by Crippen LogP contribution is -2.37. The zero-order valence-corrected chi connectivity index (χ0v) is 16.3. The summed E-state index contributed by atoms with van der Waals surface area (Å²) in [5, 5.41) is 0. The van der Waals surface area contributed by atoms with E-state index in [0.717, 1.165) is 4.90 Å². The Hall–Kier alpha value is -2.29. The number of nitrogens with zero attached hydrogens (tertiary/aromatic N) is 3. The highest BCUT2D eigenvalue weighted by atomic mass is 79.9. The molecular formula is C17H18BrF2N3O3. The molecule has 0 spiro atoms. The Morgan fingerprint density at radius 1 is 1.31 bits per heavy atom. The lowest BCUT2D eigenvalue weighted by Gasteiger charge is -2.27. The van der Waals surface area contributed by atoms with Crippen LogP contribution in [0.4, 0.5) is 19.4 Å². The number of pyridine rings is 2. The fraction of sp³-hybridized carbons (Fsp3) is 0.353. The van der Waals surface area contributed by atoms with Gasteiger partial charge in [-0.25, -0.2) is 19.2 Å². The van der Waals surface area contributed by atoms with E-state index in [0.29, 0.717) is 5.56 Å². The van der Waals surface area contributed by atoms with E-state index < -0.39 is 23.5 Å². The molecule has 1 amide bonds. The third-order valence-corrected chi connectivity index (χ3v) is 3.67. The Bertz CT molecular complexity index is 812. The molecule has 9 heteroatoms. The van der Waals surface area contributed by atoms with Gasteiger partial charge in [-0.05, 0) is 60.5 Å². The van der Waals surface area contributed by atoms with E-state index >= 15 is 0 Å². The Morgan fingerprint density at radius 3 is 2.54 bits per heavy atom. The summed E-state index contributed by atoms with van der Waals surface area (Å²) < 4.78 is 38.0. The second-order valence-electron chi connectivity index (χ2n) is 6.34. The Balaban J connectivity index is 2.38. The number of anilines is 1. The summed E-state index contributed by atoms with van der Waals surface area (Å²) in [6, 6.07) is 4.05. The number of halogens is 3. The summed E-state index contributed by atoms with van der Waals surface area (Å²) in [5.41, 5.74) is -0.411. The molecule has 0 fully saturated rings. The van der Waals surface area contributed by atoms with Gasteiger partial charge in [-0.1, -0.05) is 0 Å². The van der Waals surface area contributed by atoms with Gasteiger partial charge in [-0.2, -0.15) is 4.39 Å². The van der Waals surface area contributed by atoms with Gasteiger partial charge in [0.25, 0.3) is 0 Å². The molecule has 0 atom stereocenters. The molecule has 0 aliphatic rings. The van der Waals surface area contributed by atoms with Crippen LogP contribution in [-0.4, -0.2) is 28.8 Å². The van der Waals surface area contributed by atoms with Crippen molar-refractivity contribution in [1.82, 2.24) is 9.97 Å². The first kappa shape index (κ1) is 20.0. The minimum absolute atomic E-state index is 0.0242. The molecule has 2 aromatic heterocycles. The van der Waals surface area contributed by atoms with Crippen molar-refractivity contribution in [2.24, 2.45) is 0 Å². The molecule has 0 aliphatic heterocycles. The Kier molecular flexibility index (Phi) is 6.12. The van der Waals surface area contributed by atoms with Gasteiger partial charge in [0.2, 0.25) is 11.8 Å². The largest absolute Gasteiger partial charge is 0.479 e. The van der Waals surface area contributed by atoms with Crippen LogP contribution < -0.4 is 9.64 Å². The second kappa shape index (κ2) is 7.94. The molecule has 0 N–H and O–H groups in total. The highest BCUT2D eigenvalue weighted by Crippen LogP contribution is 2.23. The van der Waals surface area contributed by atoms with Crippen LogP contribution in [0.5, 0.6) is 5.88 Å². The average Bonchev–Trinajstić information content (AvgIpc) is 2.54.